The summed E-state index contributed by atoms with van der Waals surface area (Å²) in [4.78, 5) is 37.9. The number of nitrogens with one attached hydrogen (secondary N) is 2. The first-order valence-electron chi connectivity index (χ1n) is 6.26. The first kappa shape index (κ1) is 15.6. The highest BCUT2D eigenvalue weighted by Gasteiger charge is 2.19. The molecule has 1 rings (SSSR count). The number of rotatable bonds is 7. The molecule has 1 heterocycles. The molecule has 1 aromatic heterocycles. The number of aliphatic carboxylic acids is 1. The Morgan fingerprint density at radius 1 is 1.35 bits per heavy atom. The van der Waals surface area contributed by atoms with Gasteiger partial charge in [-0.1, -0.05) is 19.4 Å². The van der Waals surface area contributed by atoms with Crippen molar-refractivity contribution in [2.45, 2.75) is 25.8 Å². The predicted octanol–water partition coefficient (Wildman–Crippen LogP) is 0.181. The summed E-state index contributed by atoms with van der Waals surface area (Å²) >= 11 is 0. The van der Waals surface area contributed by atoms with E-state index in [2.05, 4.69) is 15.6 Å². The van der Waals surface area contributed by atoms with E-state index in [1.165, 1.54) is 12.3 Å². The van der Waals surface area contributed by atoms with Gasteiger partial charge in [-0.25, -0.2) is 4.79 Å². The smallest absolute Gasteiger partial charge is 0.326 e. The Balaban J connectivity index is 2.43. The molecule has 7 heteroatoms. The number of carbonyl (C=O) groups excluding carboxylic acids is 2. The molecule has 108 valence electrons. The van der Waals surface area contributed by atoms with E-state index in [1.54, 1.807) is 12.1 Å². The molecule has 0 aliphatic carbocycles. The molecular weight excluding hydrogens is 262 g/mol. The van der Waals surface area contributed by atoms with Crippen molar-refractivity contribution in [3.8, 4) is 0 Å². The van der Waals surface area contributed by atoms with Gasteiger partial charge >= 0.3 is 5.97 Å². The minimum absolute atomic E-state index is 0.198. The van der Waals surface area contributed by atoms with Gasteiger partial charge in [-0.2, -0.15) is 0 Å². The first-order chi connectivity index (χ1) is 9.54. The lowest BCUT2D eigenvalue weighted by molar-refractivity contribution is -0.141. The quantitative estimate of drug-likeness (QED) is 0.660. The van der Waals surface area contributed by atoms with Crippen LogP contribution in [0.2, 0.25) is 0 Å². The van der Waals surface area contributed by atoms with Gasteiger partial charge in [0.05, 0.1) is 6.54 Å². The SMILES string of the molecule is CCCC(NC(=O)CNC(=O)c1ccccn1)C(=O)O. The minimum atomic E-state index is -1.09. The van der Waals surface area contributed by atoms with Crippen molar-refractivity contribution in [2.75, 3.05) is 6.54 Å². The second-order valence-corrected chi connectivity index (χ2v) is 4.14. The highest BCUT2D eigenvalue weighted by Crippen LogP contribution is 1.96. The molecule has 7 nitrogen and oxygen atoms in total. The molecule has 1 unspecified atom stereocenters. The monoisotopic (exact) mass is 279 g/mol. The summed E-state index contributed by atoms with van der Waals surface area (Å²) in [5.41, 5.74) is 0.198. The number of pyridine rings is 1. The molecule has 2 amide bonds. The number of aromatic nitrogens is 1. The van der Waals surface area contributed by atoms with Gasteiger partial charge in [0.2, 0.25) is 5.91 Å². The number of hydrogen-bond donors (Lipinski definition) is 3. The number of amides is 2. The van der Waals surface area contributed by atoms with Crippen LogP contribution in [0.1, 0.15) is 30.3 Å². The van der Waals surface area contributed by atoms with Crippen molar-refractivity contribution in [3.63, 3.8) is 0 Å². The molecule has 0 radical (unpaired) electrons. The Morgan fingerprint density at radius 2 is 2.10 bits per heavy atom. The molecule has 20 heavy (non-hydrogen) atoms. The van der Waals surface area contributed by atoms with Crippen molar-refractivity contribution in [2.24, 2.45) is 0 Å². The second kappa shape index (κ2) is 7.88. The molecule has 0 spiro atoms. The fourth-order valence-corrected chi connectivity index (χ4v) is 1.54. The van der Waals surface area contributed by atoms with E-state index in [1.807, 2.05) is 6.92 Å². The van der Waals surface area contributed by atoms with E-state index in [-0.39, 0.29) is 12.2 Å². The third kappa shape index (κ3) is 5.05. The maximum Gasteiger partial charge on any atom is 0.326 e. The van der Waals surface area contributed by atoms with Gasteiger partial charge in [-0.05, 0) is 18.6 Å². The Labute approximate surface area is 116 Å². The third-order valence-corrected chi connectivity index (χ3v) is 2.52. The number of carboxylic acids is 1. The fraction of sp³-hybridized carbons (Fsp3) is 0.385. The van der Waals surface area contributed by atoms with Gasteiger partial charge in [0.15, 0.2) is 0 Å². The molecule has 0 aliphatic heterocycles. The fourth-order valence-electron chi connectivity index (χ4n) is 1.54. The van der Waals surface area contributed by atoms with Crippen LogP contribution in [0.25, 0.3) is 0 Å². The Hall–Kier alpha value is -2.44. The van der Waals surface area contributed by atoms with Crippen molar-refractivity contribution in [3.05, 3.63) is 30.1 Å². The molecule has 0 bridgehead atoms. The van der Waals surface area contributed by atoms with Gasteiger partial charge in [-0.15, -0.1) is 0 Å². The van der Waals surface area contributed by atoms with Gasteiger partial charge in [-0.3, -0.25) is 14.6 Å². The van der Waals surface area contributed by atoms with Crippen molar-refractivity contribution < 1.29 is 19.5 Å². The van der Waals surface area contributed by atoms with E-state index in [0.717, 1.165) is 0 Å². The average Bonchev–Trinajstić information content (AvgIpc) is 2.45. The van der Waals surface area contributed by atoms with Crippen molar-refractivity contribution in [1.29, 1.82) is 0 Å². The van der Waals surface area contributed by atoms with E-state index in [0.29, 0.717) is 12.8 Å². The van der Waals surface area contributed by atoms with Crippen LogP contribution in [0.4, 0.5) is 0 Å². The lowest BCUT2D eigenvalue weighted by Gasteiger charge is -2.13. The first-order valence-corrected chi connectivity index (χ1v) is 6.26. The molecule has 0 fully saturated rings. The van der Waals surface area contributed by atoms with Crippen LogP contribution >= 0.6 is 0 Å². The zero-order valence-electron chi connectivity index (χ0n) is 11.1. The van der Waals surface area contributed by atoms with Crippen molar-refractivity contribution in [1.82, 2.24) is 15.6 Å². The Kier molecular flexibility index (Phi) is 6.15. The van der Waals surface area contributed by atoms with Crippen LogP contribution in [0, 0.1) is 0 Å². The van der Waals surface area contributed by atoms with E-state index in [4.69, 9.17) is 5.11 Å². The van der Waals surface area contributed by atoms with E-state index < -0.39 is 23.8 Å². The topological polar surface area (TPSA) is 108 Å². The van der Waals surface area contributed by atoms with Crippen LogP contribution < -0.4 is 10.6 Å². The highest BCUT2D eigenvalue weighted by molar-refractivity contribution is 5.95. The Bertz CT molecular complexity index is 476. The lowest BCUT2D eigenvalue weighted by Crippen LogP contribution is -2.45. The summed E-state index contributed by atoms with van der Waals surface area (Å²) in [6, 6.07) is 3.92. The molecule has 0 saturated heterocycles. The standard InChI is InChI=1S/C13H17N3O4/c1-2-5-10(13(19)20)16-11(17)8-15-12(18)9-6-3-4-7-14-9/h3-4,6-7,10H,2,5,8H2,1H3,(H,15,18)(H,16,17)(H,19,20). The molecule has 1 aromatic rings. The summed E-state index contributed by atoms with van der Waals surface area (Å²) in [5.74, 6) is -2.12. The van der Waals surface area contributed by atoms with Crippen molar-refractivity contribution >= 4 is 17.8 Å². The van der Waals surface area contributed by atoms with Gasteiger partial charge in [0, 0.05) is 6.20 Å². The van der Waals surface area contributed by atoms with Gasteiger partial charge in [0.25, 0.3) is 5.91 Å². The summed E-state index contributed by atoms with van der Waals surface area (Å²) in [6.45, 7) is 1.54. The van der Waals surface area contributed by atoms with Gasteiger partial charge < -0.3 is 15.7 Å². The van der Waals surface area contributed by atoms with Crippen LogP contribution in [-0.4, -0.2) is 40.5 Å². The second-order valence-electron chi connectivity index (χ2n) is 4.14. The van der Waals surface area contributed by atoms with Crippen LogP contribution in [0.15, 0.2) is 24.4 Å². The predicted molar refractivity (Wildman–Crippen MR) is 71.0 cm³/mol. The maximum atomic E-state index is 11.6. The van der Waals surface area contributed by atoms with Gasteiger partial charge in [0.1, 0.15) is 11.7 Å². The lowest BCUT2D eigenvalue weighted by atomic mass is 10.1. The summed E-state index contributed by atoms with van der Waals surface area (Å²) in [7, 11) is 0. The summed E-state index contributed by atoms with van der Waals surface area (Å²) in [6.07, 6.45) is 2.45. The van der Waals surface area contributed by atoms with Crippen LogP contribution in [0.5, 0.6) is 0 Å². The molecule has 0 aromatic carbocycles. The number of carboxylic acid groups (broad SMARTS) is 1. The van der Waals surface area contributed by atoms with Crippen LogP contribution in [0.3, 0.4) is 0 Å². The zero-order valence-corrected chi connectivity index (χ0v) is 11.1. The van der Waals surface area contributed by atoms with E-state index in [9.17, 15) is 14.4 Å². The molecule has 0 aliphatic rings. The molecule has 3 N–H and O–H groups in total. The number of carbonyl (C=O) groups is 3. The molecular formula is C13H17N3O4. The average molecular weight is 279 g/mol. The molecule has 1 atom stereocenters. The zero-order chi connectivity index (χ0) is 15.0. The largest absolute Gasteiger partial charge is 0.480 e. The minimum Gasteiger partial charge on any atom is -0.480 e. The molecule has 0 saturated carbocycles. The Morgan fingerprint density at radius 3 is 2.65 bits per heavy atom. The maximum absolute atomic E-state index is 11.6. The summed E-state index contributed by atoms with van der Waals surface area (Å²) in [5, 5.41) is 13.6. The third-order valence-electron chi connectivity index (χ3n) is 2.52. The number of nitrogens with zero attached hydrogens (tertiary/aromatic N) is 1. The van der Waals surface area contributed by atoms with E-state index >= 15 is 0 Å². The van der Waals surface area contributed by atoms with Crippen LogP contribution in [-0.2, 0) is 9.59 Å². The number of hydrogen-bond acceptors (Lipinski definition) is 4. The summed E-state index contributed by atoms with van der Waals surface area (Å²) < 4.78 is 0. The normalized spacial score (nSPS) is 11.4. The highest BCUT2D eigenvalue weighted by atomic mass is 16.4.